The van der Waals surface area contributed by atoms with Gasteiger partial charge in [-0.2, -0.15) is 0 Å². The van der Waals surface area contributed by atoms with E-state index >= 15 is 0 Å². The Bertz CT molecular complexity index is 170. The third-order valence-electron chi connectivity index (χ3n) is 1.34. The van der Waals surface area contributed by atoms with Gasteiger partial charge in [-0.1, -0.05) is 25.6 Å². The first-order valence-electron chi connectivity index (χ1n) is 3.09. The van der Waals surface area contributed by atoms with Crippen molar-refractivity contribution >= 4 is 12.2 Å². The van der Waals surface area contributed by atoms with E-state index in [0.29, 0.717) is 0 Å². The summed E-state index contributed by atoms with van der Waals surface area (Å²) in [6, 6.07) is 2.09. The molecule has 0 aliphatic heterocycles. The van der Waals surface area contributed by atoms with Crippen LogP contribution >= 0.6 is 12.2 Å². The molecule has 1 heteroatoms. The van der Waals surface area contributed by atoms with Crippen LogP contribution in [0.3, 0.4) is 0 Å². The van der Waals surface area contributed by atoms with Gasteiger partial charge in [0.25, 0.3) is 0 Å². The van der Waals surface area contributed by atoms with Crippen LogP contribution in [0.15, 0.2) is 6.07 Å². The van der Waals surface area contributed by atoms with E-state index in [1.54, 1.807) is 0 Å². The first kappa shape index (κ1) is 5.96. The molecule has 0 bridgehead atoms. The lowest BCUT2D eigenvalue weighted by Crippen LogP contribution is -1.71. The predicted molar refractivity (Wildman–Crippen MR) is 38.3 cm³/mol. The van der Waals surface area contributed by atoms with E-state index in [-0.39, 0.29) is 0 Å². The fourth-order valence-electron chi connectivity index (χ4n) is 0.685. The maximum atomic E-state index is 4.89. The molecular weight excluding hydrogens is 116 g/mol. The lowest BCUT2D eigenvalue weighted by atomic mass is 10.2. The highest BCUT2D eigenvalue weighted by molar-refractivity contribution is 7.71. The fourth-order valence-corrected chi connectivity index (χ4v) is 0.929. The smallest absolute Gasteiger partial charge is 0.0412 e. The van der Waals surface area contributed by atoms with Crippen LogP contribution in [0, 0.1) is 4.51 Å². The second-order valence-electron chi connectivity index (χ2n) is 2.14. The molecule has 1 rings (SSSR count). The van der Waals surface area contributed by atoms with Gasteiger partial charge >= 0.3 is 0 Å². The molecule has 0 nitrogen and oxygen atoms in total. The van der Waals surface area contributed by atoms with Gasteiger partial charge in [0, 0.05) is 4.51 Å². The average molecular weight is 126 g/mol. The van der Waals surface area contributed by atoms with Crippen LogP contribution in [0.1, 0.15) is 25.3 Å². The molecule has 0 aliphatic rings. The van der Waals surface area contributed by atoms with Gasteiger partial charge < -0.3 is 0 Å². The highest BCUT2D eigenvalue weighted by Gasteiger charge is 2.00. The van der Waals surface area contributed by atoms with Gasteiger partial charge in [-0.15, -0.1) is 0 Å². The Morgan fingerprint density at radius 3 is 2.62 bits per heavy atom. The molecule has 0 spiro atoms. The van der Waals surface area contributed by atoms with Gasteiger partial charge in [0.2, 0.25) is 0 Å². The third-order valence-corrected chi connectivity index (χ3v) is 1.72. The normalized spacial score (nSPS) is 10.6. The van der Waals surface area contributed by atoms with Crippen LogP contribution in [0.2, 0.25) is 0 Å². The summed E-state index contributed by atoms with van der Waals surface area (Å²) >= 11 is 4.89. The highest BCUT2D eigenvalue weighted by Crippen LogP contribution is 2.14. The predicted octanol–water partition coefficient (Wildman–Crippen LogP) is 2.63. The molecular formula is C7H10S. The van der Waals surface area contributed by atoms with Gasteiger partial charge in [0.05, 0.1) is 0 Å². The second-order valence-corrected chi connectivity index (χ2v) is 2.58. The Labute approximate surface area is 55.2 Å². The minimum absolute atomic E-state index is 1.11. The molecule has 44 valence electrons. The van der Waals surface area contributed by atoms with Gasteiger partial charge in [0.1, 0.15) is 0 Å². The molecule has 8 heavy (non-hydrogen) atoms. The van der Waals surface area contributed by atoms with E-state index < -0.39 is 0 Å². The van der Waals surface area contributed by atoms with Crippen LogP contribution < -0.4 is 0 Å². The molecule has 0 saturated heterocycles. The van der Waals surface area contributed by atoms with E-state index in [9.17, 15) is 0 Å². The number of aryl methyl sites for hydroxylation is 1. The van der Waals surface area contributed by atoms with Gasteiger partial charge in [-0.25, -0.2) is 0 Å². The zero-order chi connectivity index (χ0) is 5.98. The second kappa shape index (κ2) is 2.40. The quantitative estimate of drug-likeness (QED) is 0.561. The maximum Gasteiger partial charge on any atom is 0.0412 e. The summed E-state index contributed by atoms with van der Waals surface area (Å²) in [5, 5.41) is 0. The van der Waals surface area contributed by atoms with Gasteiger partial charge in [-0.05, 0) is 24.5 Å². The zero-order valence-electron chi connectivity index (χ0n) is 5.11. The standard InChI is InChI=1S/C7H10S/c1-2-3-4-6-5-7(6)8/h5H,2-4H2,1H3. The summed E-state index contributed by atoms with van der Waals surface area (Å²) in [5.74, 6) is 0. The molecule has 0 fully saturated rings. The van der Waals surface area contributed by atoms with Crippen molar-refractivity contribution < 1.29 is 0 Å². The lowest BCUT2D eigenvalue weighted by Gasteiger charge is -1.84. The molecule has 0 aromatic heterocycles. The first-order chi connectivity index (χ1) is 3.84. The number of hydrogen-bond donors (Lipinski definition) is 0. The van der Waals surface area contributed by atoms with Gasteiger partial charge in [-0.3, -0.25) is 0 Å². The van der Waals surface area contributed by atoms with Crippen molar-refractivity contribution in [3.63, 3.8) is 0 Å². The number of rotatable bonds is 3. The molecule has 0 amide bonds. The summed E-state index contributed by atoms with van der Waals surface area (Å²) in [6.45, 7) is 2.20. The van der Waals surface area contributed by atoms with Crippen LogP contribution in [-0.2, 0) is 6.42 Å². The van der Waals surface area contributed by atoms with E-state index in [0.717, 1.165) is 4.51 Å². The van der Waals surface area contributed by atoms with Crippen LogP contribution in [-0.4, -0.2) is 0 Å². The monoisotopic (exact) mass is 126 g/mol. The van der Waals surface area contributed by atoms with Crippen LogP contribution in [0.5, 0.6) is 0 Å². The maximum absolute atomic E-state index is 4.89. The Morgan fingerprint density at radius 1 is 1.62 bits per heavy atom. The van der Waals surface area contributed by atoms with E-state index in [1.807, 2.05) is 0 Å². The summed E-state index contributed by atoms with van der Waals surface area (Å²) < 4.78 is 1.11. The van der Waals surface area contributed by atoms with Gasteiger partial charge in [0.15, 0.2) is 0 Å². The van der Waals surface area contributed by atoms with E-state index in [2.05, 4.69) is 13.0 Å². The van der Waals surface area contributed by atoms with E-state index in [1.165, 1.54) is 24.8 Å². The molecule has 0 radical (unpaired) electrons. The number of hydrogen-bond acceptors (Lipinski definition) is 1. The molecule has 0 heterocycles. The van der Waals surface area contributed by atoms with Crippen molar-refractivity contribution in [2.75, 3.05) is 0 Å². The van der Waals surface area contributed by atoms with Crippen molar-refractivity contribution in [3.8, 4) is 0 Å². The Balaban J connectivity index is 2.16. The molecule has 1 aromatic rings. The van der Waals surface area contributed by atoms with Crippen LogP contribution in [0.4, 0.5) is 0 Å². The third kappa shape index (κ3) is 1.41. The summed E-state index contributed by atoms with van der Waals surface area (Å²) in [7, 11) is 0. The average Bonchev–Trinajstić information content (AvgIpc) is 2.42. The topological polar surface area (TPSA) is 0 Å². The Kier molecular flexibility index (Phi) is 1.79. The summed E-state index contributed by atoms with van der Waals surface area (Å²) in [4.78, 5) is 0. The summed E-state index contributed by atoms with van der Waals surface area (Å²) in [5.41, 5.74) is 1.42. The first-order valence-corrected chi connectivity index (χ1v) is 3.50. The van der Waals surface area contributed by atoms with Crippen LogP contribution in [0.25, 0.3) is 0 Å². The fraction of sp³-hybridized carbons (Fsp3) is 0.571. The molecule has 0 N–H and O–H groups in total. The van der Waals surface area contributed by atoms with Crippen molar-refractivity contribution in [2.45, 2.75) is 26.2 Å². The van der Waals surface area contributed by atoms with Crippen molar-refractivity contribution in [1.82, 2.24) is 0 Å². The molecule has 0 unspecified atom stereocenters. The highest BCUT2D eigenvalue weighted by atomic mass is 32.1. The summed E-state index contributed by atoms with van der Waals surface area (Å²) in [6.07, 6.45) is 3.79. The molecule has 0 aliphatic carbocycles. The largest absolute Gasteiger partial charge is 0.0798 e. The van der Waals surface area contributed by atoms with E-state index in [4.69, 9.17) is 12.2 Å². The molecule has 1 aromatic carbocycles. The SMILES string of the molecule is CCCCc1cc1=S. The minimum Gasteiger partial charge on any atom is -0.0798 e. The number of unbranched alkanes of at least 4 members (excludes halogenated alkanes) is 1. The zero-order valence-corrected chi connectivity index (χ0v) is 5.92. The Hall–Kier alpha value is -0.170. The van der Waals surface area contributed by atoms with Crippen molar-refractivity contribution in [3.05, 3.63) is 16.1 Å². The van der Waals surface area contributed by atoms with Crippen molar-refractivity contribution in [1.29, 1.82) is 0 Å². The molecule has 0 saturated carbocycles. The van der Waals surface area contributed by atoms with Crippen molar-refractivity contribution in [2.24, 2.45) is 0 Å². The lowest BCUT2D eigenvalue weighted by molar-refractivity contribution is 0.804. The minimum atomic E-state index is 1.11. The molecule has 0 atom stereocenters. The Morgan fingerprint density at radius 2 is 2.25 bits per heavy atom.